The second kappa shape index (κ2) is 15.0. The SMILES string of the molecule is CCCCc1cc2ccccc2c(OCC[N+](C)(C)C2=C[N+]3(C(N)=O)N=C(c4c(-c5ccc(F)cc5)ncn4C4CCN(CC(N)=O)CC4)C=CC3=N2)n1. The number of rotatable bonds is 13. The van der Waals surface area contributed by atoms with Crippen molar-refractivity contribution in [2.45, 2.75) is 45.1 Å². The van der Waals surface area contributed by atoms with Gasteiger partial charge >= 0.3 is 6.03 Å². The van der Waals surface area contributed by atoms with Gasteiger partial charge in [0, 0.05) is 41.9 Å². The largest absolute Gasteiger partial charge is 0.471 e. The number of primary amides is 2. The average molecular weight is 735 g/mol. The Balaban J connectivity index is 1.18. The number of amidine groups is 1. The van der Waals surface area contributed by atoms with E-state index in [-0.39, 0.29) is 28.8 Å². The van der Waals surface area contributed by atoms with E-state index in [1.807, 2.05) is 43.3 Å². The number of likely N-dealkylation sites (tertiary alicyclic amines) is 1. The number of quaternary nitrogens is 2. The van der Waals surface area contributed by atoms with E-state index in [0.29, 0.717) is 66.4 Å². The van der Waals surface area contributed by atoms with Crippen LogP contribution in [0.1, 0.15) is 50.0 Å². The molecule has 1 fully saturated rings. The highest BCUT2D eigenvalue weighted by molar-refractivity contribution is 6.16. The third-order valence-corrected chi connectivity index (χ3v) is 10.4. The van der Waals surface area contributed by atoms with E-state index in [1.54, 1.807) is 30.7 Å². The number of ether oxygens (including phenoxy) is 1. The molecule has 1 saturated heterocycles. The standard InChI is InChI=1S/C40H45FN10O3/c1-4-5-9-30-23-28-8-6-7-10-32(28)39(45-30)54-22-21-50(2,3)36-25-51(40(43)53)35(46-36)16-15-33(47-51)38-37(27-11-13-29(41)14-12-27)44-26-49(38)31-17-19-48(20-18-31)24-34(42)52/h6-8,10-16,23,25-26,31H,4-5,9,17-22,24H2,1-3H3,(H2-2,42,43,52,53)/p+2. The van der Waals surface area contributed by atoms with Gasteiger partial charge in [0.1, 0.15) is 30.4 Å². The summed E-state index contributed by atoms with van der Waals surface area (Å²) in [5.74, 6) is 0.861. The normalized spacial score (nSPS) is 19.0. The third-order valence-electron chi connectivity index (χ3n) is 10.4. The lowest BCUT2D eigenvalue weighted by molar-refractivity contribution is -0.856. The van der Waals surface area contributed by atoms with E-state index in [9.17, 15) is 14.0 Å². The van der Waals surface area contributed by atoms with Crippen LogP contribution in [0.15, 0.2) is 95.2 Å². The van der Waals surface area contributed by atoms with Gasteiger partial charge < -0.3 is 20.8 Å². The number of hydrogen-bond donors (Lipinski definition) is 2. The minimum Gasteiger partial charge on any atom is -0.471 e. The van der Waals surface area contributed by atoms with Gasteiger partial charge in [0.25, 0.3) is 11.7 Å². The van der Waals surface area contributed by atoms with E-state index in [2.05, 4.69) is 23.6 Å². The van der Waals surface area contributed by atoms with Crippen LogP contribution in [0.2, 0.25) is 0 Å². The highest BCUT2D eigenvalue weighted by Gasteiger charge is 2.51. The molecule has 0 radical (unpaired) electrons. The summed E-state index contributed by atoms with van der Waals surface area (Å²) in [5.41, 5.74) is 15.1. The van der Waals surface area contributed by atoms with Crippen LogP contribution in [0.3, 0.4) is 0 Å². The lowest BCUT2D eigenvalue weighted by atomic mass is 10.0. The molecule has 280 valence electrons. The number of likely N-dealkylation sites (N-methyl/N-ethyl adjacent to an activating group) is 1. The summed E-state index contributed by atoms with van der Waals surface area (Å²) in [6.07, 6.45) is 11.6. The molecule has 1 atom stereocenters. The molecule has 4 aromatic rings. The molecule has 0 aliphatic carbocycles. The molecule has 3 aliphatic heterocycles. The average Bonchev–Trinajstić information content (AvgIpc) is 3.78. The number of imidazole rings is 1. The highest BCUT2D eigenvalue weighted by Crippen LogP contribution is 2.35. The molecule has 2 aromatic heterocycles. The van der Waals surface area contributed by atoms with Gasteiger partial charge in [-0.25, -0.2) is 19.2 Å². The number of carbonyl (C=O) groups excluding carboxylic acids is 2. The molecule has 1 unspecified atom stereocenters. The summed E-state index contributed by atoms with van der Waals surface area (Å²) in [6.45, 7) is 4.60. The second-order valence-electron chi connectivity index (χ2n) is 14.6. The maximum atomic E-state index is 14.0. The van der Waals surface area contributed by atoms with Crippen molar-refractivity contribution in [2.24, 2.45) is 21.6 Å². The van der Waals surface area contributed by atoms with Crippen molar-refractivity contribution in [3.63, 3.8) is 0 Å². The fourth-order valence-electron chi connectivity index (χ4n) is 7.27. The summed E-state index contributed by atoms with van der Waals surface area (Å²) >= 11 is 0. The summed E-state index contributed by atoms with van der Waals surface area (Å²) in [5, 5.41) is 7.07. The van der Waals surface area contributed by atoms with E-state index in [4.69, 9.17) is 36.3 Å². The van der Waals surface area contributed by atoms with Gasteiger partial charge in [-0.1, -0.05) is 36.6 Å². The van der Waals surface area contributed by atoms with Crippen molar-refractivity contribution in [2.75, 3.05) is 46.9 Å². The zero-order chi connectivity index (χ0) is 38.0. The quantitative estimate of drug-likeness (QED) is 0.179. The van der Waals surface area contributed by atoms with Crippen LogP contribution in [0.4, 0.5) is 9.18 Å². The Morgan fingerprint density at radius 1 is 1.06 bits per heavy atom. The van der Waals surface area contributed by atoms with Gasteiger partial charge in [-0.3, -0.25) is 14.2 Å². The fourth-order valence-corrected chi connectivity index (χ4v) is 7.27. The number of benzene rings is 2. The van der Waals surface area contributed by atoms with Gasteiger partial charge in [0.15, 0.2) is 0 Å². The molecule has 54 heavy (non-hydrogen) atoms. The Morgan fingerprint density at radius 2 is 1.81 bits per heavy atom. The maximum Gasteiger partial charge on any atom is 0.452 e. The molecule has 4 N–H and O–H groups in total. The molecule has 0 saturated carbocycles. The summed E-state index contributed by atoms with van der Waals surface area (Å²) < 4.78 is 22.0. The number of urea groups is 1. The van der Waals surface area contributed by atoms with Gasteiger partial charge in [-0.2, -0.15) is 0 Å². The molecule has 5 heterocycles. The van der Waals surface area contributed by atoms with Crippen molar-refractivity contribution in [1.29, 1.82) is 0 Å². The highest BCUT2D eigenvalue weighted by atomic mass is 19.1. The Bertz CT molecular complexity index is 2200. The number of nitrogens with zero attached hydrogens (tertiary/aromatic N) is 8. The van der Waals surface area contributed by atoms with Crippen LogP contribution >= 0.6 is 0 Å². The van der Waals surface area contributed by atoms with Crippen LogP contribution in [-0.4, -0.2) is 98.9 Å². The van der Waals surface area contributed by atoms with Crippen molar-refractivity contribution >= 4 is 34.3 Å². The first-order valence-corrected chi connectivity index (χ1v) is 18.5. The molecule has 2 aromatic carbocycles. The van der Waals surface area contributed by atoms with Gasteiger partial charge in [-0.05, 0) is 78.1 Å². The molecule has 14 heteroatoms. The first-order chi connectivity index (χ1) is 26.0. The van der Waals surface area contributed by atoms with Crippen LogP contribution in [0.5, 0.6) is 5.88 Å². The predicted molar refractivity (Wildman–Crippen MR) is 205 cm³/mol. The maximum absolute atomic E-state index is 14.0. The van der Waals surface area contributed by atoms with Crippen LogP contribution < -0.4 is 16.2 Å². The number of amides is 3. The van der Waals surface area contributed by atoms with Crippen molar-refractivity contribution in [3.8, 4) is 17.1 Å². The first-order valence-electron chi connectivity index (χ1n) is 18.5. The number of aryl methyl sites for hydroxylation is 1. The number of hydrogen-bond acceptors (Lipinski definition) is 8. The zero-order valence-electron chi connectivity index (χ0n) is 31.0. The van der Waals surface area contributed by atoms with E-state index >= 15 is 0 Å². The number of unbranched alkanes of at least 4 members (excludes halogenated alkanes) is 1. The summed E-state index contributed by atoms with van der Waals surface area (Å²) in [7, 11) is 4.00. The van der Waals surface area contributed by atoms with Crippen LogP contribution in [-0.2, 0) is 11.2 Å². The number of nitrogens with two attached hydrogens (primary N) is 2. The monoisotopic (exact) mass is 734 g/mol. The number of aliphatic imine (C=N–C) groups is 1. The van der Waals surface area contributed by atoms with Crippen molar-refractivity contribution < 1.29 is 27.8 Å². The number of fused-ring (bicyclic) bond motifs is 2. The Labute approximate surface area is 313 Å². The molecular weight excluding hydrogens is 688 g/mol. The Morgan fingerprint density at radius 3 is 2.54 bits per heavy atom. The van der Waals surface area contributed by atoms with Gasteiger partial charge in [0.05, 0.1) is 32.7 Å². The lowest BCUT2D eigenvalue weighted by Gasteiger charge is -2.32. The zero-order valence-corrected chi connectivity index (χ0v) is 31.0. The van der Waals surface area contributed by atoms with E-state index in [1.165, 1.54) is 12.1 Å². The number of halogens is 1. The predicted octanol–water partition coefficient (Wildman–Crippen LogP) is 5.24. The molecule has 0 spiro atoms. The molecule has 3 amide bonds. The molecular formula is C40H47FN10O3+2. The minimum atomic E-state index is -0.712. The number of allylic oxidation sites excluding steroid dienone is 1. The van der Waals surface area contributed by atoms with Crippen molar-refractivity contribution in [1.82, 2.24) is 19.4 Å². The van der Waals surface area contributed by atoms with Gasteiger partial charge in [0.2, 0.25) is 18.0 Å². The number of piperidine rings is 1. The molecule has 13 nitrogen and oxygen atoms in total. The minimum absolute atomic E-state index is 0.0262. The smallest absolute Gasteiger partial charge is 0.452 e. The number of aromatic nitrogens is 3. The van der Waals surface area contributed by atoms with E-state index in [0.717, 1.165) is 48.6 Å². The van der Waals surface area contributed by atoms with Crippen LogP contribution in [0.25, 0.3) is 22.0 Å². The molecule has 3 aliphatic rings. The summed E-state index contributed by atoms with van der Waals surface area (Å²) in [6, 6.07) is 15.7. The van der Waals surface area contributed by atoms with Crippen LogP contribution in [0, 0.1) is 5.82 Å². The Hall–Kier alpha value is -5.57. The number of carbonyl (C=O) groups is 2. The fraction of sp³-hybridized carbons (Fsp3) is 0.350. The first kappa shape index (κ1) is 36.8. The topological polar surface area (TPSA) is 154 Å². The third kappa shape index (κ3) is 7.32. The van der Waals surface area contributed by atoms with E-state index < -0.39 is 10.6 Å². The Kier molecular flexibility index (Phi) is 10.2. The van der Waals surface area contributed by atoms with Gasteiger partial charge in [-0.15, -0.1) is 4.99 Å². The second-order valence-corrected chi connectivity index (χ2v) is 14.6. The lowest BCUT2D eigenvalue weighted by Crippen LogP contribution is -2.51. The summed E-state index contributed by atoms with van der Waals surface area (Å²) in [4.78, 5) is 41.6. The molecule has 0 bridgehead atoms. The number of pyridine rings is 1. The van der Waals surface area contributed by atoms with Crippen molar-refractivity contribution in [3.05, 3.63) is 102 Å². The molecule has 7 rings (SSSR count).